The van der Waals surface area contributed by atoms with Gasteiger partial charge in [0.1, 0.15) is 5.78 Å². The van der Waals surface area contributed by atoms with E-state index in [-0.39, 0.29) is 19.4 Å². The van der Waals surface area contributed by atoms with E-state index in [1.54, 1.807) is 0 Å². The van der Waals surface area contributed by atoms with Crippen LogP contribution in [0.25, 0.3) is 0 Å². The monoisotopic (exact) mass is 361 g/mol. The molecule has 25 heavy (non-hydrogen) atoms. The van der Waals surface area contributed by atoms with E-state index in [2.05, 4.69) is 5.32 Å². The highest BCUT2D eigenvalue weighted by atomic mass is 16.4. The molecule has 0 aromatic rings. The van der Waals surface area contributed by atoms with Crippen LogP contribution in [0.15, 0.2) is 0 Å². The fourth-order valence-corrected chi connectivity index (χ4v) is 2.11. The molecule has 0 aromatic carbocycles. The SMILES string of the molecule is CC(O)[C@@H](N)CCNC(=O)[C@@H](CC(N)=O)CC(=O)C[C@H](CO)C(=O)O. The van der Waals surface area contributed by atoms with E-state index in [4.69, 9.17) is 21.7 Å². The number of hydrogen-bond acceptors (Lipinski definition) is 7. The first-order chi connectivity index (χ1) is 11.6. The molecule has 0 aliphatic heterocycles. The summed E-state index contributed by atoms with van der Waals surface area (Å²) in [6.07, 6.45) is -1.61. The minimum Gasteiger partial charge on any atom is -0.481 e. The minimum atomic E-state index is -1.32. The number of primary amides is 1. The lowest BCUT2D eigenvalue weighted by Gasteiger charge is -2.18. The smallest absolute Gasteiger partial charge is 0.309 e. The Labute approximate surface area is 145 Å². The molecule has 0 aliphatic rings. The molecular weight excluding hydrogens is 334 g/mol. The number of aliphatic carboxylic acids is 1. The fraction of sp³-hybridized carbons (Fsp3) is 0.733. The molecule has 0 fully saturated rings. The van der Waals surface area contributed by atoms with Crippen LogP contribution in [0.3, 0.4) is 0 Å². The molecule has 0 heterocycles. The summed E-state index contributed by atoms with van der Waals surface area (Å²) in [5.41, 5.74) is 10.7. The lowest BCUT2D eigenvalue weighted by molar-refractivity contribution is -0.145. The zero-order valence-corrected chi connectivity index (χ0v) is 14.2. The number of amides is 2. The van der Waals surface area contributed by atoms with Gasteiger partial charge in [-0.2, -0.15) is 0 Å². The molecule has 2 amide bonds. The first kappa shape index (κ1) is 23.0. The summed E-state index contributed by atoms with van der Waals surface area (Å²) in [7, 11) is 0. The van der Waals surface area contributed by atoms with Crippen LogP contribution in [0.1, 0.15) is 32.6 Å². The molecule has 10 nitrogen and oxygen atoms in total. The zero-order valence-electron chi connectivity index (χ0n) is 14.2. The van der Waals surface area contributed by atoms with Crippen molar-refractivity contribution < 1.29 is 34.5 Å². The quantitative estimate of drug-likeness (QED) is 0.211. The van der Waals surface area contributed by atoms with E-state index in [9.17, 15) is 24.3 Å². The molecule has 4 atom stereocenters. The van der Waals surface area contributed by atoms with Crippen LogP contribution in [0.4, 0.5) is 0 Å². The van der Waals surface area contributed by atoms with Crippen LogP contribution in [0.2, 0.25) is 0 Å². The first-order valence-corrected chi connectivity index (χ1v) is 7.93. The molecule has 0 spiro atoms. The van der Waals surface area contributed by atoms with Gasteiger partial charge in [-0.3, -0.25) is 19.2 Å². The maximum Gasteiger partial charge on any atom is 0.309 e. The van der Waals surface area contributed by atoms with Crippen LogP contribution in [0, 0.1) is 11.8 Å². The van der Waals surface area contributed by atoms with Gasteiger partial charge in [-0.1, -0.05) is 0 Å². The van der Waals surface area contributed by atoms with Gasteiger partial charge in [0.15, 0.2) is 0 Å². The predicted molar refractivity (Wildman–Crippen MR) is 87.0 cm³/mol. The molecular formula is C15H27N3O7. The van der Waals surface area contributed by atoms with Gasteiger partial charge < -0.3 is 32.1 Å². The van der Waals surface area contributed by atoms with Crippen molar-refractivity contribution in [3.05, 3.63) is 0 Å². The van der Waals surface area contributed by atoms with Gasteiger partial charge >= 0.3 is 5.97 Å². The molecule has 0 radical (unpaired) electrons. The number of carboxylic acids is 1. The lowest BCUT2D eigenvalue weighted by atomic mass is 9.92. The van der Waals surface area contributed by atoms with Crippen LogP contribution in [-0.4, -0.2) is 64.2 Å². The number of ketones is 1. The van der Waals surface area contributed by atoms with Crippen molar-refractivity contribution in [1.29, 1.82) is 0 Å². The Kier molecular flexibility index (Phi) is 10.6. The molecule has 0 aromatic heterocycles. The van der Waals surface area contributed by atoms with Crippen molar-refractivity contribution >= 4 is 23.6 Å². The summed E-state index contributed by atoms with van der Waals surface area (Å²) < 4.78 is 0. The second kappa shape index (κ2) is 11.5. The van der Waals surface area contributed by atoms with Gasteiger partial charge in [0.25, 0.3) is 0 Å². The summed E-state index contributed by atoms with van der Waals surface area (Å²) in [5, 5.41) is 29.5. The summed E-state index contributed by atoms with van der Waals surface area (Å²) in [4.78, 5) is 46.0. The second-order valence-electron chi connectivity index (χ2n) is 6.02. The van der Waals surface area contributed by atoms with Crippen molar-refractivity contribution in [3.63, 3.8) is 0 Å². The third-order valence-corrected chi connectivity index (χ3v) is 3.73. The maximum atomic E-state index is 12.1. The Hall–Kier alpha value is -2.04. The normalized spacial score (nSPS) is 15.7. The zero-order chi connectivity index (χ0) is 19.6. The molecule has 0 rings (SSSR count). The van der Waals surface area contributed by atoms with Gasteiger partial charge in [-0.25, -0.2) is 0 Å². The number of nitrogens with one attached hydrogen (secondary N) is 1. The Bertz CT molecular complexity index is 482. The number of Topliss-reactive ketones (excluding diaryl/α,β-unsaturated/α-hetero) is 1. The van der Waals surface area contributed by atoms with Crippen LogP contribution >= 0.6 is 0 Å². The molecule has 8 N–H and O–H groups in total. The minimum absolute atomic E-state index is 0.142. The highest BCUT2D eigenvalue weighted by Crippen LogP contribution is 2.14. The molecule has 10 heteroatoms. The van der Waals surface area contributed by atoms with E-state index in [1.165, 1.54) is 6.92 Å². The van der Waals surface area contributed by atoms with Crippen LogP contribution < -0.4 is 16.8 Å². The number of nitrogens with two attached hydrogens (primary N) is 2. The molecule has 144 valence electrons. The van der Waals surface area contributed by atoms with Crippen molar-refractivity contribution in [2.24, 2.45) is 23.3 Å². The number of aliphatic hydroxyl groups excluding tert-OH is 2. The number of rotatable bonds is 13. The van der Waals surface area contributed by atoms with Gasteiger partial charge in [0.05, 0.1) is 24.5 Å². The Morgan fingerprint density at radius 1 is 1.08 bits per heavy atom. The van der Waals surface area contributed by atoms with Crippen molar-refractivity contribution in [1.82, 2.24) is 5.32 Å². The highest BCUT2D eigenvalue weighted by Gasteiger charge is 2.27. The van der Waals surface area contributed by atoms with E-state index < -0.39 is 60.6 Å². The number of hydrogen-bond donors (Lipinski definition) is 6. The van der Waals surface area contributed by atoms with Crippen molar-refractivity contribution in [2.75, 3.05) is 13.2 Å². The van der Waals surface area contributed by atoms with Crippen molar-refractivity contribution in [3.8, 4) is 0 Å². The number of aliphatic hydroxyl groups is 2. The molecule has 0 bridgehead atoms. The Morgan fingerprint density at radius 3 is 2.08 bits per heavy atom. The van der Waals surface area contributed by atoms with E-state index >= 15 is 0 Å². The number of carboxylic acid groups (broad SMARTS) is 1. The summed E-state index contributed by atoms with van der Waals surface area (Å²) in [6.45, 7) is 0.953. The van der Waals surface area contributed by atoms with E-state index in [1.807, 2.05) is 0 Å². The predicted octanol–water partition coefficient (Wildman–Crippen LogP) is -2.27. The summed E-state index contributed by atoms with van der Waals surface area (Å²) in [6, 6.07) is -0.530. The van der Waals surface area contributed by atoms with Crippen molar-refractivity contribution in [2.45, 2.75) is 44.8 Å². The van der Waals surface area contributed by atoms with E-state index in [0.29, 0.717) is 6.42 Å². The molecule has 1 unspecified atom stereocenters. The average molecular weight is 361 g/mol. The Morgan fingerprint density at radius 2 is 1.64 bits per heavy atom. The largest absolute Gasteiger partial charge is 0.481 e. The molecule has 0 saturated heterocycles. The van der Waals surface area contributed by atoms with Gasteiger partial charge in [0, 0.05) is 31.8 Å². The Balaban J connectivity index is 4.66. The standard InChI is InChI=1S/C15H27N3O7/c1-8(20)12(16)2-3-18-14(23)9(6-13(17)22)4-11(21)5-10(7-19)15(24)25/h8-10,12,19-20H,2-7,16H2,1H3,(H2,17,22)(H,18,23)(H,24,25)/t8?,9-,10-,12+/m1/s1. The number of carbonyl (C=O) groups is 4. The third kappa shape index (κ3) is 9.75. The fourth-order valence-electron chi connectivity index (χ4n) is 2.11. The summed E-state index contributed by atoms with van der Waals surface area (Å²) >= 11 is 0. The van der Waals surface area contributed by atoms with E-state index in [0.717, 1.165) is 0 Å². The molecule has 0 aliphatic carbocycles. The topological polar surface area (TPSA) is 193 Å². The average Bonchev–Trinajstić information content (AvgIpc) is 2.50. The van der Waals surface area contributed by atoms with Gasteiger partial charge in [0.2, 0.25) is 11.8 Å². The molecule has 0 saturated carbocycles. The third-order valence-electron chi connectivity index (χ3n) is 3.73. The van der Waals surface area contributed by atoms with Crippen LogP contribution in [-0.2, 0) is 19.2 Å². The van der Waals surface area contributed by atoms with Crippen LogP contribution in [0.5, 0.6) is 0 Å². The first-order valence-electron chi connectivity index (χ1n) is 7.93. The number of carbonyl (C=O) groups excluding carboxylic acids is 3. The summed E-state index contributed by atoms with van der Waals surface area (Å²) in [5.74, 6) is -5.52. The van der Waals surface area contributed by atoms with Gasteiger partial charge in [-0.15, -0.1) is 0 Å². The van der Waals surface area contributed by atoms with Gasteiger partial charge in [-0.05, 0) is 13.3 Å². The second-order valence-corrected chi connectivity index (χ2v) is 6.02. The highest BCUT2D eigenvalue weighted by molar-refractivity contribution is 5.91. The lowest BCUT2D eigenvalue weighted by Crippen LogP contribution is -2.39. The maximum absolute atomic E-state index is 12.1.